The van der Waals surface area contributed by atoms with E-state index in [9.17, 15) is 13.2 Å². The first-order valence-corrected chi connectivity index (χ1v) is 7.15. The molecule has 3 aromatic heterocycles. The summed E-state index contributed by atoms with van der Waals surface area (Å²) >= 11 is 5.86. The van der Waals surface area contributed by atoms with Gasteiger partial charge in [0.1, 0.15) is 0 Å². The minimum Gasteiger partial charge on any atom is -0.346 e. The van der Waals surface area contributed by atoms with Gasteiger partial charge in [-0.3, -0.25) is 4.40 Å². The number of pyridine rings is 1. The van der Waals surface area contributed by atoms with E-state index in [0.717, 1.165) is 12.3 Å². The number of hydrogen-bond acceptors (Lipinski definition) is 6. The lowest BCUT2D eigenvalue weighted by Gasteiger charge is -2.09. The summed E-state index contributed by atoms with van der Waals surface area (Å²) in [5.41, 5.74) is 0.641. The second kappa shape index (κ2) is 5.86. The fourth-order valence-corrected chi connectivity index (χ4v) is 2.21. The number of rotatable bonds is 3. The number of alkyl halides is 3. The maximum absolute atomic E-state index is 12.9. The fraction of sp³-hybridized carbons (Fsp3) is 0.308. The fourth-order valence-electron chi connectivity index (χ4n) is 1.96. The summed E-state index contributed by atoms with van der Waals surface area (Å²) < 4.78 is 39.9. The normalized spacial score (nSPS) is 11.9. The summed E-state index contributed by atoms with van der Waals surface area (Å²) in [7, 11) is 0. The molecule has 0 saturated heterocycles. The predicted octanol–water partition coefficient (Wildman–Crippen LogP) is 2.82. The lowest BCUT2D eigenvalue weighted by Crippen LogP contribution is -2.11. The van der Waals surface area contributed by atoms with Crippen LogP contribution in [0, 0.1) is 13.8 Å². The molecule has 3 rings (SSSR count). The van der Waals surface area contributed by atoms with Gasteiger partial charge in [0, 0.05) is 6.20 Å². The average Bonchev–Trinajstić information content (AvgIpc) is 2.91. The summed E-state index contributed by atoms with van der Waals surface area (Å²) in [5.74, 6) is 0.479. The molecule has 0 atom stereocenters. The zero-order chi connectivity index (χ0) is 17.5. The van der Waals surface area contributed by atoms with Gasteiger partial charge >= 0.3 is 6.18 Å². The first-order valence-electron chi connectivity index (χ1n) is 6.78. The summed E-state index contributed by atoms with van der Waals surface area (Å²) in [5, 5.41) is 18.2. The third-order valence-corrected chi connectivity index (χ3v) is 3.63. The molecule has 0 aliphatic carbocycles. The minimum absolute atomic E-state index is 0.0585. The van der Waals surface area contributed by atoms with Crippen LogP contribution in [0.3, 0.4) is 0 Å². The Kier molecular flexibility index (Phi) is 3.99. The maximum Gasteiger partial charge on any atom is 0.417 e. The molecule has 0 aliphatic heterocycles. The highest BCUT2D eigenvalue weighted by atomic mass is 35.5. The van der Waals surface area contributed by atoms with Gasteiger partial charge < -0.3 is 5.32 Å². The molecule has 1 N–H and O–H groups in total. The van der Waals surface area contributed by atoms with E-state index < -0.39 is 11.7 Å². The zero-order valence-corrected chi connectivity index (χ0v) is 13.3. The Hall–Kier alpha value is -2.49. The van der Waals surface area contributed by atoms with Crippen LogP contribution in [0.4, 0.5) is 19.1 Å². The molecular weight excluding hydrogens is 347 g/mol. The molecule has 0 unspecified atom stereocenters. The van der Waals surface area contributed by atoms with Crippen molar-refractivity contribution in [3.8, 4) is 0 Å². The van der Waals surface area contributed by atoms with E-state index in [0.29, 0.717) is 11.4 Å². The van der Waals surface area contributed by atoms with E-state index >= 15 is 0 Å². The summed E-state index contributed by atoms with van der Waals surface area (Å²) in [6.45, 7) is 3.60. The first-order chi connectivity index (χ1) is 11.3. The van der Waals surface area contributed by atoms with Crippen molar-refractivity contribution in [2.24, 2.45) is 0 Å². The number of halogens is 4. The molecule has 126 valence electrons. The molecular formula is C13H11ClF3N7. The van der Waals surface area contributed by atoms with E-state index in [-0.39, 0.29) is 29.0 Å². The molecule has 0 aromatic carbocycles. The molecule has 0 saturated carbocycles. The molecule has 0 radical (unpaired) electrons. The number of fused-ring (bicyclic) bond motifs is 1. The van der Waals surface area contributed by atoms with Crippen molar-refractivity contribution < 1.29 is 13.2 Å². The Balaban J connectivity index is 1.92. The molecule has 0 fully saturated rings. The molecule has 24 heavy (non-hydrogen) atoms. The first kappa shape index (κ1) is 16.4. The second-order valence-electron chi connectivity index (χ2n) is 5.04. The Labute approximate surface area is 138 Å². The van der Waals surface area contributed by atoms with Crippen LogP contribution in [0.2, 0.25) is 5.02 Å². The van der Waals surface area contributed by atoms with Crippen molar-refractivity contribution in [1.82, 2.24) is 29.8 Å². The van der Waals surface area contributed by atoms with Crippen LogP contribution in [0.15, 0.2) is 12.3 Å². The van der Waals surface area contributed by atoms with E-state index in [4.69, 9.17) is 11.6 Å². The number of nitrogens with zero attached hydrogens (tertiary/aromatic N) is 6. The smallest absolute Gasteiger partial charge is 0.346 e. The Morgan fingerprint density at radius 1 is 1.12 bits per heavy atom. The van der Waals surface area contributed by atoms with E-state index in [1.165, 1.54) is 4.40 Å². The number of hydrogen-bond donors (Lipinski definition) is 1. The molecule has 0 aliphatic rings. The van der Waals surface area contributed by atoms with Gasteiger partial charge in [-0.15, -0.1) is 15.3 Å². The maximum atomic E-state index is 12.9. The van der Waals surface area contributed by atoms with Crippen LogP contribution in [0.1, 0.15) is 22.8 Å². The zero-order valence-electron chi connectivity index (χ0n) is 12.6. The van der Waals surface area contributed by atoms with Crippen molar-refractivity contribution >= 4 is 23.2 Å². The lowest BCUT2D eigenvalue weighted by atomic mass is 10.3. The standard InChI is InChI=1S/C13H11ClF3N7/c1-6-7(2)20-23-12(19-6)18-4-10-21-22-11-9(14)3-8(5-24(10)11)13(15,16)17/h3,5H,4H2,1-2H3,(H,18,19,23). The molecule has 7 nitrogen and oxygen atoms in total. The van der Waals surface area contributed by atoms with Crippen molar-refractivity contribution in [3.05, 3.63) is 40.1 Å². The highest BCUT2D eigenvalue weighted by Gasteiger charge is 2.32. The largest absolute Gasteiger partial charge is 0.417 e. The van der Waals surface area contributed by atoms with Gasteiger partial charge in [-0.25, -0.2) is 4.98 Å². The number of nitrogens with one attached hydrogen (secondary N) is 1. The summed E-state index contributed by atoms with van der Waals surface area (Å²) in [6, 6.07) is 0.819. The molecule has 0 bridgehead atoms. The molecule has 0 amide bonds. The highest BCUT2D eigenvalue weighted by molar-refractivity contribution is 6.33. The van der Waals surface area contributed by atoms with Crippen molar-refractivity contribution in [2.45, 2.75) is 26.6 Å². The van der Waals surface area contributed by atoms with Gasteiger partial charge in [0.25, 0.3) is 0 Å². The minimum atomic E-state index is -4.52. The van der Waals surface area contributed by atoms with Crippen LogP contribution in [0.25, 0.3) is 5.65 Å². The van der Waals surface area contributed by atoms with Gasteiger partial charge in [-0.05, 0) is 19.9 Å². The van der Waals surface area contributed by atoms with Crippen LogP contribution >= 0.6 is 11.6 Å². The molecule has 0 spiro atoms. The van der Waals surface area contributed by atoms with Gasteiger partial charge in [-0.1, -0.05) is 11.6 Å². The monoisotopic (exact) mass is 357 g/mol. The third-order valence-electron chi connectivity index (χ3n) is 3.35. The van der Waals surface area contributed by atoms with Crippen LogP contribution in [0.5, 0.6) is 0 Å². The third kappa shape index (κ3) is 3.09. The van der Waals surface area contributed by atoms with Gasteiger partial charge in [0.05, 0.1) is 28.5 Å². The van der Waals surface area contributed by atoms with E-state index in [1.807, 2.05) is 0 Å². The van der Waals surface area contributed by atoms with Crippen LogP contribution in [-0.4, -0.2) is 29.8 Å². The molecule has 11 heteroatoms. The topological polar surface area (TPSA) is 80.9 Å². The quantitative estimate of drug-likeness (QED) is 0.776. The SMILES string of the molecule is Cc1nnc(NCc2nnc3c(Cl)cc(C(F)(F)F)cn23)nc1C. The number of anilines is 1. The van der Waals surface area contributed by atoms with Crippen LogP contribution in [-0.2, 0) is 12.7 Å². The van der Waals surface area contributed by atoms with E-state index in [2.05, 4.69) is 30.7 Å². The summed E-state index contributed by atoms with van der Waals surface area (Å²) in [4.78, 5) is 4.18. The molecule has 3 aromatic rings. The Morgan fingerprint density at radius 3 is 2.54 bits per heavy atom. The van der Waals surface area contributed by atoms with Crippen molar-refractivity contribution in [2.75, 3.05) is 5.32 Å². The Bertz CT molecular complexity index is 906. The lowest BCUT2D eigenvalue weighted by molar-refractivity contribution is -0.137. The predicted molar refractivity (Wildman–Crippen MR) is 79.6 cm³/mol. The number of aromatic nitrogens is 6. The molecule has 3 heterocycles. The average molecular weight is 358 g/mol. The van der Waals surface area contributed by atoms with Crippen molar-refractivity contribution in [1.29, 1.82) is 0 Å². The van der Waals surface area contributed by atoms with E-state index in [1.54, 1.807) is 13.8 Å². The second-order valence-corrected chi connectivity index (χ2v) is 5.45. The van der Waals surface area contributed by atoms with Gasteiger partial charge in [-0.2, -0.15) is 18.3 Å². The Morgan fingerprint density at radius 2 is 1.88 bits per heavy atom. The van der Waals surface area contributed by atoms with Crippen molar-refractivity contribution in [3.63, 3.8) is 0 Å². The summed E-state index contributed by atoms with van der Waals surface area (Å²) in [6.07, 6.45) is -3.62. The highest BCUT2D eigenvalue weighted by Crippen LogP contribution is 2.32. The number of aryl methyl sites for hydroxylation is 2. The van der Waals surface area contributed by atoms with Gasteiger partial charge in [0.2, 0.25) is 5.95 Å². The van der Waals surface area contributed by atoms with Gasteiger partial charge in [0.15, 0.2) is 11.5 Å². The van der Waals surface area contributed by atoms with Crippen LogP contribution < -0.4 is 5.32 Å².